The highest BCUT2D eigenvalue weighted by atomic mass is 32.2. The fourth-order valence-corrected chi connectivity index (χ4v) is 4.65. The number of aromatic nitrogens is 1. The Kier molecular flexibility index (Phi) is 4.76. The molecule has 0 unspecified atom stereocenters. The summed E-state index contributed by atoms with van der Waals surface area (Å²) in [5.74, 6) is -0.533. The number of hydrogen-bond donors (Lipinski definition) is 0. The third-order valence-corrected chi connectivity index (χ3v) is 6.61. The van der Waals surface area contributed by atoms with Crippen molar-refractivity contribution in [3.05, 3.63) is 94.5 Å². The van der Waals surface area contributed by atoms with Crippen molar-refractivity contribution >= 4 is 26.8 Å². The monoisotopic (exact) mass is 408 g/mol. The first-order valence-corrected chi connectivity index (χ1v) is 10.5. The van der Waals surface area contributed by atoms with Crippen LogP contribution >= 0.6 is 0 Å². The van der Waals surface area contributed by atoms with Crippen molar-refractivity contribution < 1.29 is 12.8 Å². The summed E-state index contributed by atoms with van der Waals surface area (Å²) in [6.07, 6.45) is 0. The quantitative estimate of drug-likeness (QED) is 0.503. The van der Waals surface area contributed by atoms with Crippen LogP contribution < -0.4 is 10.1 Å². The minimum atomic E-state index is -3.90. The van der Waals surface area contributed by atoms with Crippen LogP contribution in [0.25, 0.3) is 11.1 Å². The lowest BCUT2D eigenvalue weighted by Gasteiger charge is -2.25. The molecule has 1 heterocycles. The fraction of sp³-hybridized carbons (Fsp3) is 0.136. The van der Waals surface area contributed by atoms with E-state index in [1.165, 1.54) is 21.0 Å². The number of hydrogen-bond acceptors (Lipinski definition) is 4. The fourth-order valence-electron chi connectivity index (χ4n) is 3.18. The first-order valence-electron chi connectivity index (χ1n) is 9.09. The summed E-state index contributed by atoms with van der Waals surface area (Å²) in [5.41, 5.74) is 3.25. The molecule has 6 nitrogen and oxygen atoms in total. The maximum absolute atomic E-state index is 13.6. The van der Waals surface area contributed by atoms with Crippen LogP contribution in [0.15, 0.2) is 86.9 Å². The molecule has 7 heteroatoms. The SMILES string of the molecule is Cc1ccc(N(Cc2ccccc2)S(=O)(=O)c2ccc3c(c2)oc(=O)n3C)cc1. The standard InChI is InChI=1S/C22H20N2O4S/c1-16-8-10-18(11-9-16)24(15-17-6-4-3-5-7-17)29(26,27)19-12-13-20-21(14-19)28-22(25)23(20)2/h3-14H,15H2,1-2H3. The van der Waals surface area contributed by atoms with Gasteiger partial charge in [-0.15, -0.1) is 0 Å². The lowest BCUT2D eigenvalue weighted by atomic mass is 10.2. The number of rotatable bonds is 5. The van der Waals surface area contributed by atoms with E-state index in [-0.39, 0.29) is 17.0 Å². The Morgan fingerprint density at radius 2 is 1.66 bits per heavy atom. The first-order chi connectivity index (χ1) is 13.9. The maximum atomic E-state index is 13.6. The maximum Gasteiger partial charge on any atom is 0.419 e. The van der Waals surface area contributed by atoms with Gasteiger partial charge in [-0.1, -0.05) is 48.0 Å². The van der Waals surface area contributed by atoms with Gasteiger partial charge in [0, 0.05) is 13.1 Å². The summed E-state index contributed by atoms with van der Waals surface area (Å²) in [7, 11) is -2.32. The first kappa shape index (κ1) is 19.0. The highest BCUT2D eigenvalue weighted by Crippen LogP contribution is 2.28. The molecular weight excluding hydrogens is 388 g/mol. The summed E-state index contributed by atoms with van der Waals surface area (Å²) in [5, 5.41) is 0. The second-order valence-corrected chi connectivity index (χ2v) is 8.75. The Hall–Kier alpha value is -3.32. The number of anilines is 1. The van der Waals surface area contributed by atoms with Crippen LogP contribution in [-0.4, -0.2) is 13.0 Å². The molecule has 4 rings (SSSR count). The topological polar surface area (TPSA) is 72.5 Å². The Morgan fingerprint density at radius 1 is 0.966 bits per heavy atom. The molecule has 0 aliphatic heterocycles. The molecule has 0 atom stereocenters. The molecule has 148 valence electrons. The molecule has 0 radical (unpaired) electrons. The molecule has 4 aromatic rings. The van der Waals surface area contributed by atoms with Crippen molar-refractivity contribution in [2.75, 3.05) is 4.31 Å². The van der Waals surface area contributed by atoms with E-state index >= 15 is 0 Å². The number of benzene rings is 3. The Labute approximate surface area is 168 Å². The van der Waals surface area contributed by atoms with E-state index in [1.54, 1.807) is 25.2 Å². The van der Waals surface area contributed by atoms with E-state index in [4.69, 9.17) is 4.42 Å². The summed E-state index contributed by atoms with van der Waals surface area (Å²) in [6, 6.07) is 21.2. The molecule has 0 aliphatic carbocycles. The normalized spacial score (nSPS) is 11.7. The summed E-state index contributed by atoms with van der Waals surface area (Å²) < 4.78 is 35.0. The summed E-state index contributed by atoms with van der Waals surface area (Å²) in [6.45, 7) is 2.13. The third-order valence-electron chi connectivity index (χ3n) is 4.84. The van der Waals surface area contributed by atoms with Crippen molar-refractivity contribution in [1.29, 1.82) is 0 Å². The molecule has 0 saturated heterocycles. The van der Waals surface area contributed by atoms with E-state index in [0.717, 1.165) is 11.1 Å². The number of oxazole rings is 1. The van der Waals surface area contributed by atoms with Crippen LogP contribution in [-0.2, 0) is 23.6 Å². The zero-order valence-electron chi connectivity index (χ0n) is 16.1. The molecule has 3 aromatic carbocycles. The Bertz CT molecular complexity index is 1320. The minimum absolute atomic E-state index is 0.0656. The van der Waals surface area contributed by atoms with Crippen molar-refractivity contribution in [2.45, 2.75) is 18.4 Å². The van der Waals surface area contributed by atoms with Gasteiger partial charge in [-0.3, -0.25) is 8.87 Å². The van der Waals surface area contributed by atoms with Gasteiger partial charge in [0.05, 0.1) is 22.6 Å². The van der Waals surface area contributed by atoms with Crippen LogP contribution in [0.3, 0.4) is 0 Å². The van der Waals surface area contributed by atoms with E-state index in [1.807, 2.05) is 49.4 Å². The smallest absolute Gasteiger partial charge is 0.408 e. The molecule has 29 heavy (non-hydrogen) atoms. The average Bonchev–Trinajstić information content (AvgIpc) is 3.01. The van der Waals surface area contributed by atoms with Crippen molar-refractivity contribution in [2.24, 2.45) is 7.05 Å². The minimum Gasteiger partial charge on any atom is -0.408 e. The lowest BCUT2D eigenvalue weighted by Crippen LogP contribution is -2.30. The van der Waals surface area contributed by atoms with Crippen LogP contribution in [0.4, 0.5) is 5.69 Å². The van der Waals surface area contributed by atoms with Gasteiger partial charge in [0.2, 0.25) is 0 Å². The number of fused-ring (bicyclic) bond motifs is 1. The van der Waals surface area contributed by atoms with Crippen molar-refractivity contribution in [3.63, 3.8) is 0 Å². The van der Waals surface area contributed by atoms with E-state index < -0.39 is 15.8 Å². The molecule has 0 bridgehead atoms. The average molecular weight is 408 g/mol. The highest BCUT2D eigenvalue weighted by molar-refractivity contribution is 7.92. The van der Waals surface area contributed by atoms with Gasteiger partial charge < -0.3 is 4.42 Å². The Balaban J connectivity index is 1.83. The van der Waals surface area contributed by atoms with Crippen LogP contribution in [0.5, 0.6) is 0 Å². The van der Waals surface area contributed by atoms with Crippen LogP contribution in [0.1, 0.15) is 11.1 Å². The molecule has 0 amide bonds. The van der Waals surface area contributed by atoms with Gasteiger partial charge in [0.25, 0.3) is 10.0 Å². The Morgan fingerprint density at radius 3 is 2.34 bits per heavy atom. The summed E-state index contributed by atoms with van der Waals surface area (Å²) >= 11 is 0. The number of nitrogens with zero attached hydrogens (tertiary/aromatic N) is 2. The molecular formula is C22H20N2O4S. The molecule has 0 saturated carbocycles. The second-order valence-electron chi connectivity index (χ2n) is 6.89. The van der Waals surface area contributed by atoms with E-state index in [2.05, 4.69) is 0 Å². The number of aryl methyl sites for hydroxylation is 2. The molecule has 1 aromatic heterocycles. The zero-order valence-corrected chi connectivity index (χ0v) is 16.9. The lowest BCUT2D eigenvalue weighted by molar-refractivity contribution is 0.527. The van der Waals surface area contributed by atoms with Crippen molar-refractivity contribution in [1.82, 2.24) is 4.57 Å². The van der Waals surface area contributed by atoms with Crippen LogP contribution in [0, 0.1) is 6.92 Å². The van der Waals surface area contributed by atoms with Gasteiger partial charge in [0.15, 0.2) is 5.58 Å². The second kappa shape index (κ2) is 7.25. The van der Waals surface area contributed by atoms with Gasteiger partial charge >= 0.3 is 5.76 Å². The number of sulfonamides is 1. The van der Waals surface area contributed by atoms with Gasteiger partial charge in [-0.05, 0) is 36.8 Å². The summed E-state index contributed by atoms with van der Waals surface area (Å²) in [4.78, 5) is 11.8. The third kappa shape index (κ3) is 3.56. The van der Waals surface area contributed by atoms with Crippen molar-refractivity contribution in [3.8, 4) is 0 Å². The molecule has 0 aliphatic rings. The predicted molar refractivity (Wildman–Crippen MR) is 112 cm³/mol. The molecule has 0 spiro atoms. The zero-order chi connectivity index (χ0) is 20.6. The van der Waals surface area contributed by atoms with E-state index in [9.17, 15) is 13.2 Å². The van der Waals surface area contributed by atoms with E-state index in [0.29, 0.717) is 11.2 Å². The molecule has 0 fully saturated rings. The van der Waals surface area contributed by atoms with Gasteiger partial charge in [-0.25, -0.2) is 13.2 Å². The predicted octanol–water partition coefficient (Wildman–Crippen LogP) is 3.84. The largest absolute Gasteiger partial charge is 0.419 e. The van der Waals surface area contributed by atoms with Crippen LogP contribution in [0.2, 0.25) is 0 Å². The molecule has 0 N–H and O–H groups in total. The van der Waals surface area contributed by atoms with Gasteiger partial charge in [-0.2, -0.15) is 0 Å². The van der Waals surface area contributed by atoms with Gasteiger partial charge in [0.1, 0.15) is 0 Å². The highest BCUT2D eigenvalue weighted by Gasteiger charge is 2.26.